The Labute approximate surface area is 127 Å². The van der Waals surface area contributed by atoms with Crippen LogP contribution in [0.4, 0.5) is 4.79 Å². The molecule has 2 amide bonds. The Balaban J connectivity index is 1.82. The lowest BCUT2D eigenvalue weighted by Gasteiger charge is -2.31. The van der Waals surface area contributed by atoms with Crippen molar-refractivity contribution in [3.05, 3.63) is 0 Å². The van der Waals surface area contributed by atoms with Gasteiger partial charge in [-0.3, -0.25) is 0 Å². The molecule has 5 heteroatoms. The van der Waals surface area contributed by atoms with Crippen molar-refractivity contribution < 1.29 is 14.6 Å². The van der Waals surface area contributed by atoms with E-state index >= 15 is 0 Å². The van der Waals surface area contributed by atoms with Crippen LogP contribution in [0.1, 0.15) is 45.4 Å². The van der Waals surface area contributed by atoms with E-state index in [0.29, 0.717) is 18.4 Å². The molecule has 0 aromatic rings. The third kappa shape index (κ3) is 4.10. The van der Waals surface area contributed by atoms with Crippen LogP contribution in [-0.2, 0) is 4.74 Å². The maximum atomic E-state index is 12.2. The minimum atomic E-state index is -0.107. The van der Waals surface area contributed by atoms with Crippen LogP contribution in [0, 0.1) is 17.8 Å². The van der Waals surface area contributed by atoms with E-state index in [1.165, 1.54) is 12.8 Å². The molecule has 21 heavy (non-hydrogen) atoms. The van der Waals surface area contributed by atoms with Crippen molar-refractivity contribution in [1.29, 1.82) is 0 Å². The zero-order valence-electron chi connectivity index (χ0n) is 13.3. The largest absolute Gasteiger partial charge is 0.396 e. The second kappa shape index (κ2) is 7.99. The predicted octanol–water partition coefficient (Wildman–Crippen LogP) is 1.90. The standard InChI is InChI=1S/C16H30N2O3/c1-3-4-5-13(10-21-2)17-16(20)18-15-12-7-6-11(8-12)14(15)9-19/h11-15,19H,3-10H2,1-2H3,(H2,17,18,20). The molecule has 0 saturated heterocycles. The molecular formula is C16H30N2O3. The highest BCUT2D eigenvalue weighted by molar-refractivity contribution is 5.74. The van der Waals surface area contributed by atoms with Crippen LogP contribution in [0.3, 0.4) is 0 Å². The van der Waals surface area contributed by atoms with E-state index in [2.05, 4.69) is 17.6 Å². The Morgan fingerprint density at radius 2 is 2.14 bits per heavy atom. The smallest absolute Gasteiger partial charge is 0.315 e. The molecular weight excluding hydrogens is 268 g/mol. The molecule has 0 radical (unpaired) electrons. The third-order valence-electron chi connectivity index (χ3n) is 5.21. The zero-order valence-corrected chi connectivity index (χ0v) is 13.3. The summed E-state index contributed by atoms with van der Waals surface area (Å²) in [6.07, 6.45) is 6.69. The summed E-state index contributed by atoms with van der Waals surface area (Å²) in [5.41, 5.74) is 0. The molecule has 5 atom stereocenters. The zero-order chi connectivity index (χ0) is 15.2. The average Bonchev–Trinajstić information content (AvgIpc) is 3.06. The number of aliphatic hydroxyl groups excluding tert-OH is 1. The van der Waals surface area contributed by atoms with Crippen molar-refractivity contribution >= 4 is 6.03 Å². The Kier molecular flexibility index (Phi) is 6.30. The highest BCUT2D eigenvalue weighted by Crippen LogP contribution is 2.48. The number of ether oxygens (including phenoxy) is 1. The van der Waals surface area contributed by atoms with Crippen molar-refractivity contribution in [1.82, 2.24) is 10.6 Å². The fraction of sp³-hybridized carbons (Fsp3) is 0.938. The Morgan fingerprint density at radius 3 is 2.81 bits per heavy atom. The molecule has 2 aliphatic rings. The van der Waals surface area contributed by atoms with Crippen molar-refractivity contribution in [2.45, 2.75) is 57.5 Å². The number of rotatable bonds is 8. The summed E-state index contributed by atoms with van der Waals surface area (Å²) in [5.74, 6) is 1.39. The van der Waals surface area contributed by atoms with Crippen molar-refractivity contribution in [2.24, 2.45) is 17.8 Å². The maximum absolute atomic E-state index is 12.2. The molecule has 2 saturated carbocycles. The molecule has 0 aliphatic heterocycles. The quantitative estimate of drug-likeness (QED) is 0.641. The molecule has 2 bridgehead atoms. The fourth-order valence-corrected chi connectivity index (χ4v) is 4.13. The number of methoxy groups -OCH3 is 1. The van der Waals surface area contributed by atoms with Crippen molar-refractivity contribution in [3.63, 3.8) is 0 Å². The fourth-order valence-electron chi connectivity index (χ4n) is 4.13. The minimum absolute atomic E-state index is 0.0705. The molecule has 5 unspecified atom stereocenters. The molecule has 122 valence electrons. The third-order valence-corrected chi connectivity index (χ3v) is 5.21. The number of unbranched alkanes of at least 4 members (excludes halogenated alkanes) is 1. The lowest BCUT2D eigenvalue weighted by Crippen LogP contribution is -2.52. The first-order valence-electron chi connectivity index (χ1n) is 8.36. The molecule has 0 aromatic heterocycles. The van der Waals surface area contributed by atoms with Gasteiger partial charge in [0.1, 0.15) is 0 Å². The van der Waals surface area contributed by atoms with Gasteiger partial charge in [-0.1, -0.05) is 19.8 Å². The topological polar surface area (TPSA) is 70.6 Å². The van der Waals surface area contributed by atoms with Gasteiger partial charge in [-0.25, -0.2) is 4.79 Å². The van der Waals surface area contributed by atoms with Gasteiger partial charge in [0.15, 0.2) is 0 Å². The van der Waals surface area contributed by atoms with Crippen LogP contribution in [0.5, 0.6) is 0 Å². The van der Waals surface area contributed by atoms with Gasteiger partial charge < -0.3 is 20.5 Å². The highest BCUT2D eigenvalue weighted by Gasteiger charge is 2.47. The van der Waals surface area contributed by atoms with Crippen LogP contribution < -0.4 is 10.6 Å². The van der Waals surface area contributed by atoms with Crippen molar-refractivity contribution in [2.75, 3.05) is 20.3 Å². The highest BCUT2D eigenvalue weighted by atomic mass is 16.5. The molecule has 0 heterocycles. The van der Waals surface area contributed by atoms with Crippen LogP contribution in [0.15, 0.2) is 0 Å². The van der Waals surface area contributed by atoms with Gasteiger partial charge in [-0.15, -0.1) is 0 Å². The number of hydrogen-bond donors (Lipinski definition) is 3. The normalized spacial score (nSPS) is 32.1. The van der Waals surface area contributed by atoms with Crippen molar-refractivity contribution in [3.8, 4) is 0 Å². The number of fused-ring (bicyclic) bond motifs is 2. The number of nitrogens with one attached hydrogen (secondary N) is 2. The number of carbonyl (C=O) groups is 1. The lowest BCUT2D eigenvalue weighted by atomic mass is 9.85. The van der Waals surface area contributed by atoms with E-state index in [0.717, 1.165) is 25.7 Å². The summed E-state index contributed by atoms with van der Waals surface area (Å²) in [7, 11) is 1.66. The molecule has 2 aliphatic carbocycles. The summed E-state index contributed by atoms with van der Waals surface area (Å²) >= 11 is 0. The lowest BCUT2D eigenvalue weighted by molar-refractivity contribution is 0.139. The van der Waals surface area contributed by atoms with E-state index in [9.17, 15) is 9.90 Å². The van der Waals surface area contributed by atoms with E-state index in [-0.39, 0.29) is 30.6 Å². The van der Waals surface area contributed by atoms with Gasteiger partial charge in [0.25, 0.3) is 0 Å². The Bertz CT molecular complexity index is 337. The van der Waals surface area contributed by atoms with E-state index in [1.54, 1.807) is 7.11 Å². The van der Waals surface area contributed by atoms with Gasteiger partial charge >= 0.3 is 6.03 Å². The molecule has 3 N–H and O–H groups in total. The SMILES string of the molecule is CCCCC(COC)NC(=O)NC1C2CCC(C2)C1CO. The number of aliphatic hydroxyl groups is 1. The predicted molar refractivity (Wildman–Crippen MR) is 82.1 cm³/mol. The van der Waals surface area contributed by atoms with Gasteiger partial charge in [-0.2, -0.15) is 0 Å². The van der Waals surface area contributed by atoms with Crippen LogP contribution in [0.2, 0.25) is 0 Å². The Hall–Kier alpha value is -0.810. The number of hydrogen-bond acceptors (Lipinski definition) is 3. The van der Waals surface area contributed by atoms with E-state index in [4.69, 9.17) is 4.74 Å². The molecule has 0 spiro atoms. The second-order valence-electron chi connectivity index (χ2n) is 6.62. The summed E-state index contributed by atoms with van der Waals surface area (Å²) < 4.78 is 5.18. The first-order chi connectivity index (χ1) is 10.2. The first-order valence-corrected chi connectivity index (χ1v) is 8.36. The summed E-state index contributed by atoms with van der Waals surface area (Å²) in [6.45, 7) is 2.88. The summed E-state index contributed by atoms with van der Waals surface area (Å²) in [4.78, 5) is 12.2. The van der Waals surface area contributed by atoms with Gasteiger partial charge in [0.05, 0.1) is 12.6 Å². The molecule has 2 fully saturated rings. The number of amides is 2. The Morgan fingerprint density at radius 1 is 1.38 bits per heavy atom. The summed E-state index contributed by atoms with van der Waals surface area (Å²) in [5, 5.41) is 15.7. The van der Waals surface area contributed by atoms with Gasteiger partial charge in [0, 0.05) is 25.7 Å². The molecule has 2 rings (SSSR count). The monoisotopic (exact) mass is 298 g/mol. The average molecular weight is 298 g/mol. The van der Waals surface area contributed by atoms with Gasteiger partial charge in [0.2, 0.25) is 0 Å². The number of carbonyl (C=O) groups excluding carboxylic acids is 1. The second-order valence-corrected chi connectivity index (χ2v) is 6.62. The van der Waals surface area contributed by atoms with E-state index in [1.807, 2.05) is 0 Å². The van der Waals surface area contributed by atoms with Gasteiger partial charge in [-0.05, 0) is 37.5 Å². The van der Waals surface area contributed by atoms with Crippen LogP contribution >= 0.6 is 0 Å². The molecule has 0 aromatic carbocycles. The van der Waals surface area contributed by atoms with E-state index < -0.39 is 0 Å². The molecule has 5 nitrogen and oxygen atoms in total. The summed E-state index contributed by atoms with van der Waals surface area (Å²) in [6, 6.07) is 0.105. The van der Waals surface area contributed by atoms with Crippen LogP contribution in [0.25, 0.3) is 0 Å². The number of urea groups is 1. The maximum Gasteiger partial charge on any atom is 0.315 e. The van der Waals surface area contributed by atoms with Crippen LogP contribution in [-0.4, -0.2) is 43.5 Å². The minimum Gasteiger partial charge on any atom is -0.396 e. The first kappa shape index (κ1) is 16.6.